The average Bonchev–Trinajstić information content (AvgIpc) is 3.13. The van der Waals surface area contributed by atoms with Gasteiger partial charge in [-0.2, -0.15) is 0 Å². The molecule has 0 atom stereocenters. The van der Waals surface area contributed by atoms with E-state index in [0.717, 1.165) is 31.2 Å². The quantitative estimate of drug-likeness (QED) is 0.640. The molecule has 2 saturated carbocycles. The van der Waals surface area contributed by atoms with Gasteiger partial charge in [-0.25, -0.2) is 0 Å². The molecule has 0 unspecified atom stereocenters. The fourth-order valence-corrected chi connectivity index (χ4v) is 2.65. The molecule has 0 amide bonds. The second kappa shape index (κ2) is 5.79. The minimum atomic E-state index is -0.342. The molecule has 1 aromatic rings. The standard InChI is InChI=1S/C15H20N2O3/c18-17(19)14-9-11(10-16-12-6-7-12)5-8-15(14)20-13-3-1-2-4-13/h5,8-9,12-13,16H,1-4,6-7,10H2. The van der Waals surface area contributed by atoms with Crippen LogP contribution in [-0.2, 0) is 6.54 Å². The van der Waals surface area contributed by atoms with E-state index in [2.05, 4.69) is 5.32 Å². The lowest BCUT2D eigenvalue weighted by Gasteiger charge is -2.13. The molecule has 1 N–H and O–H groups in total. The Hall–Kier alpha value is -1.62. The number of nitro benzene ring substituents is 1. The van der Waals surface area contributed by atoms with Crippen molar-refractivity contribution in [3.63, 3.8) is 0 Å². The number of benzene rings is 1. The zero-order valence-corrected chi connectivity index (χ0v) is 11.5. The Balaban J connectivity index is 1.72. The van der Waals surface area contributed by atoms with E-state index in [4.69, 9.17) is 4.74 Å². The Labute approximate surface area is 118 Å². The fraction of sp³-hybridized carbons (Fsp3) is 0.600. The Morgan fingerprint density at radius 1 is 1.25 bits per heavy atom. The summed E-state index contributed by atoms with van der Waals surface area (Å²) in [7, 11) is 0. The van der Waals surface area contributed by atoms with Crippen LogP contribution in [0.1, 0.15) is 44.1 Å². The molecule has 2 aliphatic rings. The molecule has 2 fully saturated rings. The predicted octanol–water partition coefficient (Wildman–Crippen LogP) is 3.17. The van der Waals surface area contributed by atoms with Crippen molar-refractivity contribution in [1.29, 1.82) is 0 Å². The lowest BCUT2D eigenvalue weighted by Crippen LogP contribution is -2.16. The zero-order valence-electron chi connectivity index (χ0n) is 11.5. The maximum atomic E-state index is 11.2. The lowest BCUT2D eigenvalue weighted by atomic mass is 10.2. The summed E-state index contributed by atoms with van der Waals surface area (Å²) in [5.74, 6) is 0.414. The number of rotatable bonds is 6. The van der Waals surface area contributed by atoms with E-state index in [1.807, 2.05) is 6.07 Å². The summed E-state index contributed by atoms with van der Waals surface area (Å²) >= 11 is 0. The zero-order chi connectivity index (χ0) is 13.9. The predicted molar refractivity (Wildman–Crippen MR) is 75.8 cm³/mol. The lowest BCUT2D eigenvalue weighted by molar-refractivity contribution is -0.386. The summed E-state index contributed by atoms with van der Waals surface area (Å²) in [5.41, 5.74) is 1.04. The van der Waals surface area contributed by atoms with Gasteiger partial charge in [0.15, 0.2) is 5.75 Å². The summed E-state index contributed by atoms with van der Waals surface area (Å²) in [6.45, 7) is 0.690. The van der Waals surface area contributed by atoms with Gasteiger partial charge in [0.25, 0.3) is 0 Å². The average molecular weight is 276 g/mol. The summed E-state index contributed by atoms with van der Waals surface area (Å²) < 4.78 is 5.80. The molecule has 0 bridgehead atoms. The molecule has 3 rings (SSSR count). The molecule has 0 spiro atoms. The molecular formula is C15H20N2O3. The molecule has 5 nitrogen and oxygen atoms in total. The Bertz CT molecular complexity index is 494. The van der Waals surface area contributed by atoms with Gasteiger partial charge < -0.3 is 10.1 Å². The van der Waals surface area contributed by atoms with Gasteiger partial charge in [-0.05, 0) is 50.2 Å². The fourth-order valence-electron chi connectivity index (χ4n) is 2.65. The van der Waals surface area contributed by atoms with Crippen LogP contribution in [0.3, 0.4) is 0 Å². The van der Waals surface area contributed by atoms with Gasteiger partial charge in [0.2, 0.25) is 0 Å². The Morgan fingerprint density at radius 3 is 2.65 bits per heavy atom. The van der Waals surface area contributed by atoms with Gasteiger partial charge in [-0.3, -0.25) is 10.1 Å². The van der Waals surface area contributed by atoms with E-state index in [0.29, 0.717) is 18.3 Å². The van der Waals surface area contributed by atoms with Gasteiger partial charge >= 0.3 is 5.69 Å². The van der Waals surface area contributed by atoms with Crippen LogP contribution < -0.4 is 10.1 Å². The molecule has 0 aliphatic heterocycles. The summed E-state index contributed by atoms with van der Waals surface area (Å²) in [6.07, 6.45) is 6.88. The van der Waals surface area contributed by atoms with E-state index >= 15 is 0 Å². The summed E-state index contributed by atoms with van der Waals surface area (Å²) in [4.78, 5) is 10.9. The van der Waals surface area contributed by atoms with Crippen LogP contribution in [0.5, 0.6) is 5.75 Å². The molecule has 5 heteroatoms. The molecule has 0 heterocycles. The van der Waals surface area contributed by atoms with Crippen molar-refractivity contribution in [3.8, 4) is 5.75 Å². The first kappa shape index (κ1) is 13.4. The van der Waals surface area contributed by atoms with Gasteiger partial charge in [0.05, 0.1) is 11.0 Å². The maximum Gasteiger partial charge on any atom is 0.311 e. The number of hydrogen-bond acceptors (Lipinski definition) is 4. The van der Waals surface area contributed by atoms with Crippen LogP contribution in [0.25, 0.3) is 0 Å². The molecule has 0 aromatic heterocycles. The largest absolute Gasteiger partial charge is 0.484 e. The first-order valence-electron chi connectivity index (χ1n) is 7.40. The number of hydrogen-bond donors (Lipinski definition) is 1. The van der Waals surface area contributed by atoms with E-state index in [1.165, 1.54) is 12.8 Å². The molecule has 108 valence electrons. The SMILES string of the molecule is O=[N+]([O-])c1cc(CNC2CC2)ccc1OC1CCCC1. The van der Waals surface area contributed by atoms with Crippen LogP contribution >= 0.6 is 0 Å². The molecule has 20 heavy (non-hydrogen) atoms. The van der Waals surface area contributed by atoms with Crippen molar-refractivity contribution >= 4 is 5.69 Å². The van der Waals surface area contributed by atoms with E-state index in [-0.39, 0.29) is 16.7 Å². The topological polar surface area (TPSA) is 64.4 Å². The molecular weight excluding hydrogens is 256 g/mol. The molecule has 0 radical (unpaired) electrons. The minimum absolute atomic E-state index is 0.0898. The number of nitro groups is 1. The van der Waals surface area contributed by atoms with Crippen LogP contribution in [0.15, 0.2) is 18.2 Å². The third-order valence-corrected chi connectivity index (χ3v) is 3.99. The first-order valence-corrected chi connectivity index (χ1v) is 7.40. The van der Waals surface area contributed by atoms with Gasteiger partial charge in [0, 0.05) is 18.7 Å². The van der Waals surface area contributed by atoms with Crippen LogP contribution in [-0.4, -0.2) is 17.1 Å². The van der Waals surface area contributed by atoms with Crippen molar-refractivity contribution in [2.24, 2.45) is 0 Å². The monoisotopic (exact) mass is 276 g/mol. The first-order chi connectivity index (χ1) is 9.72. The van der Waals surface area contributed by atoms with Gasteiger partial charge in [0.1, 0.15) is 0 Å². The highest BCUT2D eigenvalue weighted by atomic mass is 16.6. The van der Waals surface area contributed by atoms with Crippen LogP contribution in [0.2, 0.25) is 0 Å². The number of nitrogens with zero attached hydrogens (tertiary/aromatic N) is 1. The van der Waals surface area contributed by atoms with Crippen molar-refractivity contribution < 1.29 is 9.66 Å². The number of nitrogens with one attached hydrogen (secondary N) is 1. The Kier molecular flexibility index (Phi) is 3.87. The second-order valence-electron chi connectivity index (χ2n) is 5.74. The second-order valence-corrected chi connectivity index (χ2v) is 5.74. The van der Waals surface area contributed by atoms with Gasteiger partial charge in [-0.15, -0.1) is 0 Å². The van der Waals surface area contributed by atoms with Crippen molar-refractivity contribution in [3.05, 3.63) is 33.9 Å². The van der Waals surface area contributed by atoms with Crippen LogP contribution in [0, 0.1) is 10.1 Å². The molecule has 1 aromatic carbocycles. The highest BCUT2D eigenvalue weighted by Crippen LogP contribution is 2.32. The summed E-state index contributed by atoms with van der Waals surface area (Å²) in [6, 6.07) is 5.91. The third-order valence-electron chi connectivity index (χ3n) is 3.99. The van der Waals surface area contributed by atoms with Crippen molar-refractivity contribution in [2.75, 3.05) is 0 Å². The van der Waals surface area contributed by atoms with E-state index in [1.54, 1.807) is 12.1 Å². The summed E-state index contributed by atoms with van der Waals surface area (Å²) in [5, 5.41) is 14.6. The van der Waals surface area contributed by atoms with Crippen molar-refractivity contribution in [2.45, 2.75) is 57.2 Å². The number of ether oxygens (including phenoxy) is 1. The van der Waals surface area contributed by atoms with Gasteiger partial charge in [-0.1, -0.05) is 6.07 Å². The molecule has 0 saturated heterocycles. The van der Waals surface area contributed by atoms with Crippen molar-refractivity contribution in [1.82, 2.24) is 5.32 Å². The minimum Gasteiger partial charge on any atom is -0.484 e. The Morgan fingerprint density at radius 2 is 2.00 bits per heavy atom. The highest BCUT2D eigenvalue weighted by Gasteiger charge is 2.23. The normalized spacial score (nSPS) is 19.2. The smallest absolute Gasteiger partial charge is 0.311 e. The third kappa shape index (κ3) is 3.28. The maximum absolute atomic E-state index is 11.2. The highest BCUT2D eigenvalue weighted by molar-refractivity contribution is 5.48. The van der Waals surface area contributed by atoms with E-state index < -0.39 is 0 Å². The van der Waals surface area contributed by atoms with Crippen LogP contribution in [0.4, 0.5) is 5.69 Å². The van der Waals surface area contributed by atoms with E-state index in [9.17, 15) is 10.1 Å². The molecule has 2 aliphatic carbocycles.